The summed E-state index contributed by atoms with van der Waals surface area (Å²) in [7, 11) is 0. The number of benzene rings is 11. The molecule has 1 aliphatic heterocycles. The molecule has 0 saturated heterocycles. The first-order chi connectivity index (χ1) is 38.2. The third-order valence-electron chi connectivity index (χ3n) is 17.3. The second-order valence-electron chi connectivity index (χ2n) is 21.0. The molecule has 0 fully saturated rings. The lowest BCUT2D eigenvalue weighted by molar-refractivity contribution is 0.360. The van der Waals surface area contributed by atoms with E-state index in [1.807, 2.05) is 0 Å². The van der Waals surface area contributed by atoms with E-state index in [0.29, 0.717) is 17.4 Å². The van der Waals surface area contributed by atoms with Crippen LogP contribution in [0.15, 0.2) is 285 Å². The van der Waals surface area contributed by atoms with Crippen LogP contribution < -0.4 is 14.4 Å². The second-order valence-corrected chi connectivity index (χ2v) is 21.0. The Labute approximate surface area is 449 Å². The molecular weight excluding hydrogens is 935 g/mol. The molecular formula is C74H49NO2. The van der Waals surface area contributed by atoms with Crippen LogP contribution >= 0.6 is 0 Å². The van der Waals surface area contributed by atoms with E-state index in [9.17, 15) is 0 Å². The topological polar surface area (TPSA) is 21.7 Å². The summed E-state index contributed by atoms with van der Waals surface area (Å²) < 4.78 is 14.1. The van der Waals surface area contributed by atoms with E-state index in [1.165, 1.54) is 66.8 Å². The average molecular weight is 984 g/mol. The SMILES string of the molecule is C1=CC2c3ccccc3C3(c4ccccc4-c4c3ccc3c4Oc4ccc(-c5ccccc5N(c5ccccc5)c5ccc(-c6ccc7c(c6)-c6ccccc6C7(c6ccccc6)c6ccccc6)cc5)cc4O3)C2C=C1. The molecule has 0 saturated carbocycles. The smallest absolute Gasteiger partial charge is 0.178 e. The van der Waals surface area contributed by atoms with E-state index in [0.717, 1.165) is 50.8 Å². The minimum Gasteiger partial charge on any atom is -0.449 e. The number of hydrogen-bond acceptors (Lipinski definition) is 3. The van der Waals surface area contributed by atoms with E-state index >= 15 is 0 Å². The molecule has 1 heterocycles. The van der Waals surface area contributed by atoms with Gasteiger partial charge in [-0.1, -0.05) is 231 Å². The Morgan fingerprint density at radius 2 is 0.922 bits per heavy atom. The van der Waals surface area contributed by atoms with Crippen LogP contribution in [0.5, 0.6) is 23.0 Å². The fourth-order valence-corrected chi connectivity index (χ4v) is 14.2. The monoisotopic (exact) mass is 983 g/mol. The number of ether oxygens (including phenoxy) is 2. The Bertz CT molecular complexity index is 4190. The van der Waals surface area contributed by atoms with Crippen molar-refractivity contribution in [2.24, 2.45) is 5.92 Å². The summed E-state index contributed by atoms with van der Waals surface area (Å²) in [5.41, 5.74) is 22.2. The van der Waals surface area contributed by atoms with Gasteiger partial charge >= 0.3 is 0 Å². The predicted octanol–water partition coefficient (Wildman–Crippen LogP) is 18.9. The number of allylic oxidation sites excluding steroid dienone is 4. The first kappa shape index (κ1) is 43.7. The quantitative estimate of drug-likeness (QED) is 0.159. The number of para-hydroxylation sites is 2. The lowest BCUT2D eigenvalue weighted by atomic mass is 9.65. The molecule has 16 rings (SSSR count). The van der Waals surface area contributed by atoms with E-state index < -0.39 is 5.41 Å². The Morgan fingerprint density at radius 1 is 0.351 bits per heavy atom. The molecule has 0 bridgehead atoms. The van der Waals surface area contributed by atoms with Crippen molar-refractivity contribution >= 4 is 17.1 Å². The van der Waals surface area contributed by atoms with Crippen molar-refractivity contribution in [1.29, 1.82) is 0 Å². The zero-order chi connectivity index (χ0) is 50.7. The van der Waals surface area contributed by atoms with Crippen molar-refractivity contribution in [3.63, 3.8) is 0 Å². The van der Waals surface area contributed by atoms with Crippen molar-refractivity contribution in [1.82, 2.24) is 0 Å². The normalized spacial score (nSPS) is 17.9. The molecule has 5 aliphatic rings. The van der Waals surface area contributed by atoms with Crippen LogP contribution in [0.2, 0.25) is 0 Å². The fraction of sp³-hybridized carbons (Fsp3) is 0.0541. The molecule has 0 radical (unpaired) electrons. The first-order valence-corrected chi connectivity index (χ1v) is 26.8. The second kappa shape index (κ2) is 16.9. The molecule has 0 aromatic heterocycles. The van der Waals surface area contributed by atoms with Crippen LogP contribution in [0.25, 0.3) is 44.5 Å². The summed E-state index contributed by atoms with van der Waals surface area (Å²) >= 11 is 0. The molecule has 362 valence electrons. The molecule has 11 aromatic rings. The maximum Gasteiger partial charge on any atom is 0.178 e. The maximum atomic E-state index is 7.08. The fourth-order valence-electron chi connectivity index (χ4n) is 14.2. The molecule has 3 unspecified atom stereocenters. The van der Waals surface area contributed by atoms with Gasteiger partial charge in [-0.15, -0.1) is 0 Å². The average Bonchev–Trinajstić information content (AvgIpc) is 4.29. The molecule has 1 spiro atoms. The Morgan fingerprint density at radius 3 is 1.70 bits per heavy atom. The third kappa shape index (κ3) is 6.20. The van der Waals surface area contributed by atoms with Crippen LogP contribution in [0.1, 0.15) is 50.4 Å². The Balaban J connectivity index is 0.757. The van der Waals surface area contributed by atoms with Gasteiger partial charge in [0.25, 0.3) is 0 Å². The third-order valence-corrected chi connectivity index (χ3v) is 17.3. The van der Waals surface area contributed by atoms with Crippen molar-refractivity contribution in [3.8, 4) is 67.5 Å². The van der Waals surface area contributed by atoms with Crippen LogP contribution in [0.3, 0.4) is 0 Å². The van der Waals surface area contributed by atoms with Gasteiger partial charge in [0.05, 0.1) is 16.5 Å². The Kier molecular flexibility index (Phi) is 9.59. The Hall–Kier alpha value is -9.70. The van der Waals surface area contributed by atoms with Gasteiger partial charge in [0.2, 0.25) is 0 Å². The molecule has 77 heavy (non-hydrogen) atoms. The highest BCUT2D eigenvalue weighted by molar-refractivity contribution is 5.94. The van der Waals surface area contributed by atoms with E-state index in [2.05, 4.69) is 290 Å². The van der Waals surface area contributed by atoms with Gasteiger partial charge in [0.15, 0.2) is 23.0 Å². The van der Waals surface area contributed by atoms with Crippen molar-refractivity contribution in [3.05, 3.63) is 330 Å². The molecule has 4 aliphatic carbocycles. The van der Waals surface area contributed by atoms with Crippen LogP contribution in [0, 0.1) is 5.92 Å². The highest BCUT2D eigenvalue weighted by Crippen LogP contribution is 2.68. The first-order valence-electron chi connectivity index (χ1n) is 26.8. The summed E-state index contributed by atoms with van der Waals surface area (Å²) in [6.07, 6.45) is 9.24. The number of nitrogens with zero attached hydrogens (tertiary/aromatic N) is 1. The van der Waals surface area contributed by atoms with Gasteiger partial charge in [-0.2, -0.15) is 0 Å². The largest absolute Gasteiger partial charge is 0.449 e. The lowest BCUT2D eigenvalue weighted by Crippen LogP contribution is -2.32. The summed E-state index contributed by atoms with van der Waals surface area (Å²) in [6.45, 7) is 0. The van der Waals surface area contributed by atoms with E-state index in [1.54, 1.807) is 0 Å². The minimum absolute atomic E-state index is 0.240. The molecule has 0 N–H and O–H groups in total. The number of fused-ring (bicyclic) bond motifs is 16. The summed E-state index contributed by atoms with van der Waals surface area (Å²) in [5.74, 6) is 3.42. The van der Waals surface area contributed by atoms with Crippen LogP contribution in [-0.2, 0) is 10.8 Å². The zero-order valence-electron chi connectivity index (χ0n) is 42.1. The van der Waals surface area contributed by atoms with Gasteiger partial charge < -0.3 is 14.4 Å². The van der Waals surface area contributed by atoms with Crippen molar-refractivity contribution < 1.29 is 9.47 Å². The predicted molar refractivity (Wildman–Crippen MR) is 312 cm³/mol. The van der Waals surface area contributed by atoms with Crippen molar-refractivity contribution in [2.45, 2.75) is 16.7 Å². The van der Waals surface area contributed by atoms with Gasteiger partial charge in [0.1, 0.15) is 0 Å². The minimum atomic E-state index is -0.433. The van der Waals surface area contributed by atoms with Crippen molar-refractivity contribution in [2.75, 3.05) is 4.90 Å². The highest BCUT2D eigenvalue weighted by Gasteiger charge is 2.58. The summed E-state index contributed by atoms with van der Waals surface area (Å²) in [4.78, 5) is 2.36. The molecule has 11 aromatic carbocycles. The highest BCUT2D eigenvalue weighted by atomic mass is 16.6. The number of hydrogen-bond donors (Lipinski definition) is 0. The summed E-state index contributed by atoms with van der Waals surface area (Å²) in [6, 6.07) is 95.2. The van der Waals surface area contributed by atoms with Gasteiger partial charge in [0, 0.05) is 34.3 Å². The number of anilines is 3. The molecule has 3 nitrogen and oxygen atoms in total. The lowest BCUT2D eigenvalue weighted by Gasteiger charge is -2.36. The van der Waals surface area contributed by atoms with Gasteiger partial charge in [-0.25, -0.2) is 0 Å². The molecule has 3 atom stereocenters. The summed E-state index contributed by atoms with van der Waals surface area (Å²) in [5, 5.41) is 0. The van der Waals surface area contributed by atoms with Crippen LogP contribution in [-0.4, -0.2) is 0 Å². The van der Waals surface area contributed by atoms with Gasteiger partial charge in [-0.05, 0) is 132 Å². The number of rotatable bonds is 7. The zero-order valence-corrected chi connectivity index (χ0v) is 42.1. The van der Waals surface area contributed by atoms with Crippen LogP contribution in [0.4, 0.5) is 17.1 Å². The van der Waals surface area contributed by atoms with E-state index in [4.69, 9.17) is 9.47 Å². The molecule has 0 amide bonds. The molecule has 3 heteroatoms. The maximum absolute atomic E-state index is 7.08. The van der Waals surface area contributed by atoms with Gasteiger partial charge in [-0.3, -0.25) is 0 Å². The standard InChI is InChI=1S/C74H49NO2/c1-4-20-51(21-5-1)73(52-22-6-2-7-23-52)61-31-15-12-29-58(61)60-46-49(38-42-65(60)73)48-36-40-54(41-37-48)75(53-24-8-3-9-25-53)67-35-19-14-26-55(67)50-39-44-68-70(47-50)76-69-45-43-66-71(72(69)77-68)59-30-13-18-34-64(59)74(66)62-32-16-10-27-56(62)57-28-11-17-33-63(57)74/h1-47,56,62H. The van der Waals surface area contributed by atoms with E-state index in [-0.39, 0.29) is 11.3 Å².